The Balaban J connectivity index is 2.09. The van der Waals surface area contributed by atoms with E-state index in [0.717, 1.165) is 3.57 Å². The van der Waals surface area contributed by atoms with Gasteiger partial charge in [-0.3, -0.25) is 4.68 Å². The molecular formula is C8H11IN2O2S. The number of rotatable bonds is 1. The molecule has 1 aliphatic rings. The van der Waals surface area contributed by atoms with Crippen LogP contribution in [0.4, 0.5) is 0 Å². The molecule has 0 spiro atoms. The Hall–Kier alpha value is -0.110. The van der Waals surface area contributed by atoms with Crippen LogP contribution in [0.2, 0.25) is 0 Å². The number of aromatic nitrogens is 2. The predicted octanol–water partition coefficient (Wildman–Crippen LogP) is 1.24. The van der Waals surface area contributed by atoms with Gasteiger partial charge in [-0.25, -0.2) is 8.42 Å². The minimum Gasteiger partial charge on any atom is -0.269 e. The van der Waals surface area contributed by atoms with Gasteiger partial charge >= 0.3 is 0 Å². The lowest BCUT2D eigenvalue weighted by Crippen LogP contribution is -2.25. The highest BCUT2D eigenvalue weighted by molar-refractivity contribution is 14.1. The third kappa shape index (κ3) is 2.28. The summed E-state index contributed by atoms with van der Waals surface area (Å²) >= 11 is 2.20. The molecule has 0 bridgehead atoms. The van der Waals surface area contributed by atoms with Crippen molar-refractivity contribution in [2.75, 3.05) is 11.5 Å². The maximum Gasteiger partial charge on any atom is 0.150 e. The lowest BCUT2D eigenvalue weighted by atomic mass is 10.2. The van der Waals surface area contributed by atoms with Crippen molar-refractivity contribution in [3.63, 3.8) is 0 Å². The fraction of sp³-hybridized carbons (Fsp3) is 0.625. The zero-order chi connectivity index (χ0) is 10.2. The van der Waals surface area contributed by atoms with Crippen LogP contribution in [-0.2, 0) is 9.84 Å². The molecule has 0 unspecified atom stereocenters. The van der Waals surface area contributed by atoms with E-state index < -0.39 is 9.84 Å². The van der Waals surface area contributed by atoms with Crippen LogP contribution in [0.1, 0.15) is 18.9 Å². The fourth-order valence-electron chi connectivity index (χ4n) is 1.66. The third-order valence-electron chi connectivity index (χ3n) is 2.47. The van der Waals surface area contributed by atoms with Gasteiger partial charge in [-0.05, 0) is 35.4 Å². The first-order valence-electron chi connectivity index (χ1n) is 4.47. The van der Waals surface area contributed by atoms with E-state index in [4.69, 9.17) is 0 Å². The lowest BCUT2D eigenvalue weighted by Gasteiger charge is -2.21. The van der Waals surface area contributed by atoms with Crippen LogP contribution in [0, 0.1) is 3.57 Å². The fourth-order valence-corrected chi connectivity index (χ4v) is 3.53. The van der Waals surface area contributed by atoms with E-state index in [1.807, 2.05) is 10.9 Å². The quantitative estimate of drug-likeness (QED) is 0.730. The van der Waals surface area contributed by atoms with Crippen molar-refractivity contribution in [3.05, 3.63) is 16.0 Å². The van der Waals surface area contributed by atoms with Gasteiger partial charge in [0.15, 0.2) is 0 Å². The summed E-state index contributed by atoms with van der Waals surface area (Å²) in [7, 11) is -2.76. The smallest absolute Gasteiger partial charge is 0.150 e. The molecule has 1 aromatic heterocycles. The molecule has 2 rings (SSSR count). The molecule has 14 heavy (non-hydrogen) atoms. The first-order valence-corrected chi connectivity index (χ1v) is 7.37. The molecule has 0 saturated carbocycles. The molecule has 0 aromatic carbocycles. The monoisotopic (exact) mass is 326 g/mol. The summed E-state index contributed by atoms with van der Waals surface area (Å²) in [6.45, 7) is 0. The number of hydrogen-bond acceptors (Lipinski definition) is 3. The summed E-state index contributed by atoms with van der Waals surface area (Å²) in [6.07, 6.45) is 5.15. The predicted molar refractivity (Wildman–Crippen MR) is 61.9 cm³/mol. The van der Waals surface area contributed by atoms with Crippen LogP contribution < -0.4 is 0 Å². The molecule has 0 radical (unpaired) electrons. The number of hydrogen-bond donors (Lipinski definition) is 0. The minimum atomic E-state index is -2.76. The second-order valence-electron chi connectivity index (χ2n) is 3.52. The summed E-state index contributed by atoms with van der Waals surface area (Å²) in [6, 6.07) is 0.266. The molecule has 0 amide bonds. The van der Waals surface area contributed by atoms with Gasteiger partial charge in [0.25, 0.3) is 0 Å². The van der Waals surface area contributed by atoms with E-state index >= 15 is 0 Å². The van der Waals surface area contributed by atoms with Crippen molar-refractivity contribution in [1.82, 2.24) is 9.78 Å². The van der Waals surface area contributed by atoms with E-state index in [0.29, 0.717) is 24.3 Å². The van der Waals surface area contributed by atoms with Crippen LogP contribution in [0.15, 0.2) is 12.4 Å². The van der Waals surface area contributed by atoms with Crippen LogP contribution in [0.3, 0.4) is 0 Å². The Bertz CT molecular complexity index is 412. The first kappa shape index (κ1) is 10.4. The van der Waals surface area contributed by atoms with E-state index in [9.17, 15) is 8.42 Å². The number of sulfone groups is 1. The van der Waals surface area contributed by atoms with Crippen LogP contribution >= 0.6 is 22.6 Å². The highest BCUT2D eigenvalue weighted by atomic mass is 127. The van der Waals surface area contributed by atoms with Crippen molar-refractivity contribution in [2.45, 2.75) is 18.9 Å². The maximum absolute atomic E-state index is 11.2. The standard InChI is InChI=1S/C8H11IN2O2S/c9-7-5-10-11(6-7)8-1-3-14(12,13)4-2-8/h5-6,8H,1-4H2. The Labute approximate surface area is 96.7 Å². The topological polar surface area (TPSA) is 52.0 Å². The SMILES string of the molecule is O=S1(=O)CCC(n2cc(I)cn2)CC1. The molecule has 2 heterocycles. The molecule has 78 valence electrons. The largest absolute Gasteiger partial charge is 0.269 e. The third-order valence-corrected chi connectivity index (χ3v) is 4.74. The average Bonchev–Trinajstić information content (AvgIpc) is 2.52. The molecule has 1 aromatic rings. The molecule has 0 aliphatic carbocycles. The Morgan fingerprint density at radius 3 is 2.57 bits per heavy atom. The average molecular weight is 326 g/mol. The van der Waals surface area contributed by atoms with Gasteiger partial charge < -0.3 is 0 Å². The highest BCUT2D eigenvalue weighted by Crippen LogP contribution is 2.23. The Morgan fingerprint density at radius 1 is 1.43 bits per heavy atom. The van der Waals surface area contributed by atoms with E-state index in [2.05, 4.69) is 27.7 Å². The second kappa shape index (κ2) is 3.80. The Kier molecular flexibility index (Phi) is 2.83. The van der Waals surface area contributed by atoms with Gasteiger partial charge in [0, 0.05) is 6.20 Å². The molecule has 0 N–H and O–H groups in total. The normalized spacial score (nSPS) is 22.4. The van der Waals surface area contributed by atoms with Gasteiger partial charge in [-0.2, -0.15) is 5.10 Å². The van der Waals surface area contributed by atoms with Crippen LogP contribution in [0.25, 0.3) is 0 Å². The molecule has 1 fully saturated rings. The summed E-state index contributed by atoms with van der Waals surface area (Å²) < 4.78 is 25.4. The molecule has 4 nitrogen and oxygen atoms in total. The summed E-state index contributed by atoms with van der Waals surface area (Å²) in [5.74, 6) is 0.599. The van der Waals surface area contributed by atoms with Gasteiger partial charge in [-0.1, -0.05) is 0 Å². The Morgan fingerprint density at radius 2 is 2.07 bits per heavy atom. The van der Waals surface area contributed by atoms with Crippen molar-refractivity contribution >= 4 is 32.4 Å². The van der Waals surface area contributed by atoms with E-state index in [-0.39, 0.29) is 6.04 Å². The zero-order valence-corrected chi connectivity index (χ0v) is 10.5. The second-order valence-corrected chi connectivity index (χ2v) is 7.07. The highest BCUT2D eigenvalue weighted by Gasteiger charge is 2.24. The number of halogens is 1. The van der Waals surface area contributed by atoms with Gasteiger partial charge in [0.2, 0.25) is 0 Å². The summed E-state index contributed by atoms with van der Waals surface area (Å²) in [4.78, 5) is 0. The molecular weight excluding hydrogens is 315 g/mol. The zero-order valence-electron chi connectivity index (χ0n) is 7.56. The van der Waals surface area contributed by atoms with Crippen molar-refractivity contribution in [2.24, 2.45) is 0 Å². The lowest BCUT2D eigenvalue weighted by molar-refractivity contribution is 0.413. The van der Waals surface area contributed by atoms with E-state index in [1.165, 1.54) is 0 Å². The van der Waals surface area contributed by atoms with Crippen molar-refractivity contribution < 1.29 is 8.42 Å². The van der Waals surface area contributed by atoms with Gasteiger partial charge in [0.05, 0.1) is 27.3 Å². The van der Waals surface area contributed by atoms with Gasteiger partial charge in [0.1, 0.15) is 9.84 Å². The minimum absolute atomic E-state index is 0.266. The van der Waals surface area contributed by atoms with Crippen LogP contribution in [-0.4, -0.2) is 29.7 Å². The summed E-state index contributed by atoms with van der Waals surface area (Å²) in [5.41, 5.74) is 0. The molecule has 6 heteroatoms. The van der Waals surface area contributed by atoms with Gasteiger partial charge in [-0.15, -0.1) is 0 Å². The summed E-state index contributed by atoms with van der Waals surface area (Å²) in [5, 5.41) is 4.20. The van der Waals surface area contributed by atoms with Crippen molar-refractivity contribution in [3.8, 4) is 0 Å². The van der Waals surface area contributed by atoms with Crippen molar-refractivity contribution in [1.29, 1.82) is 0 Å². The molecule has 1 saturated heterocycles. The molecule has 0 atom stereocenters. The maximum atomic E-state index is 11.2. The molecule has 1 aliphatic heterocycles. The first-order chi connectivity index (χ1) is 6.57. The number of nitrogens with zero attached hydrogens (tertiary/aromatic N) is 2. The van der Waals surface area contributed by atoms with E-state index in [1.54, 1.807) is 6.20 Å². The van der Waals surface area contributed by atoms with Crippen LogP contribution in [0.5, 0.6) is 0 Å².